The monoisotopic (exact) mass is 270 g/mol. The Balaban J connectivity index is 2.21. The standard InChI is InChI=1S/C12H15ClN2O3/c1-8-7-18-5-4-10(8)14-11-6-9(13)2-3-12(11)15(16)17/h2-3,6,8,10,14H,4-5,7H2,1H3. The van der Waals surface area contributed by atoms with Crippen molar-refractivity contribution in [1.29, 1.82) is 0 Å². The van der Waals surface area contributed by atoms with Crippen molar-refractivity contribution in [1.82, 2.24) is 0 Å². The van der Waals surface area contributed by atoms with Gasteiger partial charge in [0.25, 0.3) is 5.69 Å². The maximum Gasteiger partial charge on any atom is 0.292 e. The van der Waals surface area contributed by atoms with E-state index < -0.39 is 4.92 Å². The van der Waals surface area contributed by atoms with Crippen LogP contribution in [0.3, 0.4) is 0 Å². The Labute approximate surface area is 110 Å². The van der Waals surface area contributed by atoms with Crippen LogP contribution in [-0.4, -0.2) is 24.2 Å². The highest BCUT2D eigenvalue weighted by atomic mass is 35.5. The van der Waals surface area contributed by atoms with Crippen LogP contribution in [-0.2, 0) is 4.74 Å². The molecule has 0 aliphatic carbocycles. The van der Waals surface area contributed by atoms with E-state index in [1.807, 2.05) is 0 Å². The lowest BCUT2D eigenvalue weighted by Crippen LogP contribution is -2.36. The molecule has 1 aliphatic heterocycles. The Bertz CT molecular complexity index is 453. The van der Waals surface area contributed by atoms with E-state index in [0.29, 0.717) is 29.8 Å². The maximum absolute atomic E-state index is 11.0. The van der Waals surface area contributed by atoms with E-state index in [2.05, 4.69) is 12.2 Å². The van der Waals surface area contributed by atoms with Gasteiger partial charge in [-0.15, -0.1) is 0 Å². The van der Waals surface area contributed by atoms with Crippen LogP contribution >= 0.6 is 11.6 Å². The molecule has 1 heterocycles. The van der Waals surface area contributed by atoms with Gasteiger partial charge in [0.15, 0.2) is 0 Å². The molecule has 0 saturated carbocycles. The fourth-order valence-electron chi connectivity index (χ4n) is 2.08. The van der Waals surface area contributed by atoms with E-state index in [0.717, 1.165) is 6.42 Å². The van der Waals surface area contributed by atoms with Crippen molar-refractivity contribution in [2.45, 2.75) is 19.4 Å². The Morgan fingerprint density at radius 3 is 3.00 bits per heavy atom. The lowest BCUT2D eigenvalue weighted by Gasteiger charge is -2.30. The summed E-state index contributed by atoms with van der Waals surface area (Å²) < 4.78 is 5.35. The smallest absolute Gasteiger partial charge is 0.292 e. The number of hydrogen-bond donors (Lipinski definition) is 1. The lowest BCUT2D eigenvalue weighted by atomic mass is 9.97. The first kappa shape index (κ1) is 13.1. The first-order chi connectivity index (χ1) is 8.58. The molecule has 1 saturated heterocycles. The van der Waals surface area contributed by atoms with Gasteiger partial charge in [-0.05, 0) is 24.5 Å². The summed E-state index contributed by atoms with van der Waals surface area (Å²) in [7, 11) is 0. The van der Waals surface area contributed by atoms with Crippen LogP contribution < -0.4 is 5.32 Å². The topological polar surface area (TPSA) is 64.4 Å². The van der Waals surface area contributed by atoms with Crippen LogP contribution in [0.25, 0.3) is 0 Å². The van der Waals surface area contributed by atoms with Gasteiger partial charge < -0.3 is 10.1 Å². The molecule has 0 aromatic heterocycles. The molecule has 2 atom stereocenters. The van der Waals surface area contributed by atoms with E-state index in [1.54, 1.807) is 6.07 Å². The van der Waals surface area contributed by atoms with Crippen molar-refractivity contribution in [3.8, 4) is 0 Å². The van der Waals surface area contributed by atoms with Crippen LogP contribution in [0.1, 0.15) is 13.3 Å². The van der Waals surface area contributed by atoms with Gasteiger partial charge in [-0.1, -0.05) is 18.5 Å². The lowest BCUT2D eigenvalue weighted by molar-refractivity contribution is -0.384. The van der Waals surface area contributed by atoms with Crippen molar-refractivity contribution in [3.05, 3.63) is 33.3 Å². The first-order valence-electron chi connectivity index (χ1n) is 5.86. The fraction of sp³-hybridized carbons (Fsp3) is 0.500. The normalized spacial score (nSPS) is 23.7. The van der Waals surface area contributed by atoms with Crippen molar-refractivity contribution in [2.24, 2.45) is 5.92 Å². The Morgan fingerprint density at radius 1 is 1.56 bits per heavy atom. The first-order valence-corrected chi connectivity index (χ1v) is 6.24. The minimum Gasteiger partial charge on any atom is -0.381 e. The average Bonchev–Trinajstić information content (AvgIpc) is 2.32. The van der Waals surface area contributed by atoms with Crippen LogP contribution in [0, 0.1) is 16.0 Å². The van der Waals surface area contributed by atoms with E-state index >= 15 is 0 Å². The summed E-state index contributed by atoms with van der Waals surface area (Å²) in [6.07, 6.45) is 0.838. The molecule has 1 aliphatic rings. The predicted octanol–water partition coefficient (Wildman–Crippen LogP) is 3.09. The second-order valence-corrected chi connectivity index (χ2v) is 4.95. The molecule has 98 valence electrons. The average molecular weight is 271 g/mol. The second-order valence-electron chi connectivity index (χ2n) is 4.51. The summed E-state index contributed by atoms with van der Waals surface area (Å²) >= 11 is 5.89. The molecule has 0 spiro atoms. The van der Waals surface area contributed by atoms with E-state index in [4.69, 9.17) is 16.3 Å². The van der Waals surface area contributed by atoms with E-state index in [1.165, 1.54) is 12.1 Å². The number of nitrogens with one attached hydrogen (secondary N) is 1. The summed E-state index contributed by atoms with van der Waals surface area (Å²) in [5.41, 5.74) is 0.532. The number of nitro benzene ring substituents is 1. The number of nitro groups is 1. The molecular formula is C12H15ClN2O3. The third-order valence-electron chi connectivity index (χ3n) is 3.14. The molecule has 6 heteroatoms. The number of hydrogen-bond acceptors (Lipinski definition) is 4. The number of rotatable bonds is 3. The molecular weight excluding hydrogens is 256 g/mol. The summed E-state index contributed by atoms with van der Waals surface area (Å²) in [5.74, 6) is 0.317. The SMILES string of the molecule is CC1COCCC1Nc1cc(Cl)ccc1[N+](=O)[O-]. The molecule has 0 bridgehead atoms. The highest BCUT2D eigenvalue weighted by Gasteiger charge is 2.24. The number of anilines is 1. The highest BCUT2D eigenvalue weighted by molar-refractivity contribution is 6.31. The van der Waals surface area contributed by atoms with E-state index in [-0.39, 0.29) is 11.7 Å². The number of benzene rings is 1. The molecule has 1 N–H and O–H groups in total. The van der Waals surface area contributed by atoms with Gasteiger partial charge in [-0.25, -0.2) is 0 Å². The van der Waals surface area contributed by atoms with Gasteiger partial charge in [0.2, 0.25) is 0 Å². The summed E-state index contributed by atoms with van der Waals surface area (Å²) in [6, 6.07) is 4.73. The van der Waals surface area contributed by atoms with Crippen molar-refractivity contribution in [2.75, 3.05) is 18.5 Å². The number of ether oxygens (including phenoxy) is 1. The third kappa shape index (κ3) is 2.91. The molecule has 5 nitrogen and oxygen atoms in total. The summed E-state index contributed by atoms with van der Waals surface area (Å²) in [6.45, 7) is 3.41. The molecule has 2 rings (SSSR count). The highest BCUT2D eigenvalue weighted by Crippen LogP contribution is 2.30. The predicted molar refractivity (Wildman–Crippen MR) is 70.1 cm³/mol. The summed E-state index contributed by atoms with van der Waals surface area (Å²) in [5, 5.41) is 14.7. The van der Waals surface area contributed by atoms with Crippen molar-refractivity contribution in [3.63, 3.8) is 0 Å². The minimum absolute atomic E-state index is 0.0538. The van der Waals surface area contributed by atoms with Gasteiger partial charge in [-0.2, -0.15) is 0 Å². The Kier molecular flexibility index (Phi) is 4.04. The van der Waals surface area contributed by atoms with Crippen LogP contribution in [0.2, 0.25) is 5.02 Å². The number of nitrogens with zero attached hydrogens (tertiary/aromatic N) is 1. The van der Waals surface area contributed by atoms with Crippen LogP contribution in [0.4, 0.5) is 11.4 Å². The molecule has 2 unspecified atom stereocenters. The molecule has 1 fully saturated rings. The maximum atomic E-state index is 11.0. The minimum atomic E-state index is -0.400. The molecule has 1 aromatic rings. The molecule has 18 heavy (non-hydrogen) atoms. The van der Waals surface area contributed by atoms with Gasteiger partial charge in [-0.3, -0.25) is 10.1 Å². The van der Waals surface area contributed by atoms with Gasteiger partial charge in [0.1, 0.15) is 5.69 Å². The number of halogens is 1. The van der Waals surface area contributed by atoms with Crippen molar-refractivity contribution < 1.29 is 9.66 Å². The van der Waals surface area contributed by atoms with E-state index in [9.17, 15) is 10.1 Å². The Hall–Kier alpha value is -1.33. The molecule has 0 amide bonds. The van der Waals surface area contributed by atoms with Crippen LogP contribution in [0.5, 0.6) is 0 Å². The van der Waals surface area contributed by atoms with Crippen LogP contribution in [0.15, 0.2) is 18.2 Å². The van der Waals surface area contributed by atoms with Gasteiger partial charge in [0, 0.05) is 23.7 Å². The van der Waals surface area contributed by atoms with Gasteiger partial charge in [0.05, 0.1) is 11.5 Å². The zero-order chi connectivity index (χ0) is 13.1. The van der Waals surface area contributed by atoms with Crippen molar-refractivity contribution >= 4 is 23.0 Å². The molecule has 0 radical (unpaired) electrons. The Morgan fingerprint density at radius 2 is 2.33 bits per heavy atom. The molecule has 1 aromatic carbocycles. The zero-order valence-electron chi connectivity index (χ0n) is 10.1. The zero-order valence-corrected chi connectivity index (χ0v) is 10.8. The largest absolute Gasteiger partial charge is 0.381 e. The third-order valence-corrected chi connectivity index (χ3v) is 3.37. The fourth-order valence-corrected chi connectivity index (χ4v) is 2.25. The van der Waals surface area contributed by atoms with Gasteiger partial charge >= 0.3 is 0 Å². The quantitative estimate of drug-likeness (QED) is 0.677. The second kappa shape index (κ2) is 5.54. The summed E-state index contributed by atoms with van der Waals surface area (Å²) in [4.78, 5) is 10.6.